The normalized spacial score (nSPS) is 11.5. The average Bonchev–Trinajstić information content (AvgIpc) is 2.74. The third-order valence-corrected chi connectivity index (χ3v) is 7.35. The number of carbonyl (C=O) groups excluding carboxylic acids is 1. The maximum Gasteiger partial charge on any atom is 0.420 e. The van der Waals surface area contributed by atoms with Crippen molar-refractivity contribution in [2.24, 2.45) is 0 Å². The van der Waals surface area contributed by atoms with E-state index in [9.17, 15) is 9.36 Å². The highest BCUT2D eigenvalue weighted by atomic mass is 35.5. The molecular formula is C25H32Cl2O2P+. The topological polar surface area (TPSA) is 34.1 Å². The molecule has 1 unspecified atom stereocenters. The number of hydrogen-bond donors (Lipinski definition) is 0. The standard InChI is InChI=1S/C25H32Cl2O2P/c26-22-18-14-19-23(27)24(22)25(28)30(29)20-13-8-6-4-2-1-3-5-7-10-15-21-16-11-9-12-17-21/h9,11-12,14,16-19H,1-8,10,13,15,20H2/q+1. The third kappa shape index (κ3) is 9.29. The lowest BCUT2D eigenvalue weighted by Gasteiger charge is -2.03. The lowest BCUT2D eigenvalue weighted by Crippen LogP contribution is -1.98. The second-order valence-corrected chi connectivity index (χ2v) is 10.2. The average molecular weight is 466 g/mol. The first-order valence-corrected chi connectivity index (χ1v) is 13.3. The van der Waals surface area contributed by atoms with Gasteiger partial charge in [0, 0.05) is 0 Å². The van der Waals surface area contributed by atoms with Gasteiger partial charge in [-0.25, -0.2) is 4.79 Å². The van der Waals surface area contributed by atoms with Gasteiger partial charge in [-0.05, 0) is 43.4 Å². The van der Waals surface area contributed by atoms with E-state index in [0.29, 0.717) is 6.16 Å². The lowest BCUT2D eigenvalue weighted by molar-refractivity contribution is 0.107. The zero-order chi connectivity index (χ0) is 21.6. The molecule has 0 amide bonds. The van der Waals surface area contributed by atoms with E-state index < -0.39 is 13.3 Å². The summed E-state index contributed by atoms with van der Waals surface area (Å²) in [5, 5.41) is 0.548. The molecule has 2 nitrogen and oxygen atoms in total. The summed E-state index contributed by atoms with van der Waals surface area (Å²) in [6.07, 6.45) is 13.6. The zero-order valence-corrected chi connectivity index (χ0v) is 20.0. The van der Waals surface area contributed by atoms with Crippen molar-refractivity contribution in [3.05, 3.63) is 69.7 Å². The van der Waals surface area contributed by atoms with Crippen molar-refractivity contribution in [3.63, 3.8) is 0 Å². The number of hydrogen-bond acceptors (Lipinski definition) is 2. The molecule has 162 valence electrons. The van der Waals surface area contributed by atoms with Crippen LogP contribution in [-0.4, -0.2) is 11.7 Å². The minimum absolute atomic E-state index is 0.200. The van der Waals surface area contributed by atoms with E-state index in [0.717, 1.165) is 19.3 Å². The van der Waals surface area contributed by atoms with Gasteiger partial charge in [-0.3, -0.25) is 0 Å². The van der Waals surface area contributed by atoms with E-state index in [1.165, 1.54) is 56.9 Å². The molecular weight excluding hydrogens is 434 g/mol. The van der Waals surface area contributed by atoms with Crippen LogP contribution in [0.1, 0.15) is 80.1 Å². The second kappa shape index (κ2) is 14.7. The van der Waals surface area contributed by atoms with Crippen LogP contribution in [0.5, 0.6) is 0 Å². The smallest absolute Gasteiger partial charge is 0.234 e. The summed E-state index contributed by atoms with van der Waals surface area (Å²) in [5.74, 6) is 0. The predicted octanol–water partition coefficient (Wildman–Crippen LogP) is 9.10. The Kier molecular flexibility index (Phi) is 12.3. The van der Waals surface area contributed by atoms with Crippen molar-refractivity contribution in [2.75, 3.05) is 6.16 Å². The van der Waals surface area contributed by atoms with Crippen molar-refractivity contribution >= 4 is 36.5 Å². The molecule has 0 saturated heterocycles. The highest BCUT2D eigenvalue weighted by Crippen LogP contribution is 2.35. The molecule has 0 radical (unpaired) electrons. The van der Waals surface area contributed by atoms with E-state index in [-0.39, 0.29) is 15.6 Å². The molecule has 30 heavy (non-hydrogen) atoms. The maximum atomic E-state index is 12.3. The molecule has 1 atom stereocenters. The first-order chi connectivity index (χ1) is 14.6. The summed E-state index contributed by atoms with van der Waals surface area (Å²) in [6.45, 7) is 0. The van der Waals surface area contributed by atoms with Gasteiger partial charge in [0.05, 0.1) is 10.0 Å². The summed E-state index contributed by atoms with van der Waals surface area (Å²) in [6, 6.07) is 15.6. The molecule has 0 aliphatic carbocycles. The summed E-state index contributed by atoms with van der Waals surface area (Å²) in [4.78, 5) is 12.3. The second-order valence-electron chi connectivity index (χ2n) is 7.78. The van der Waals surface area contributed by atoms with Crippen LogP contribution in [0.15, 0.2) is 48.5 Å². The quantitative estimate of drug-likeness (QED) is 0.194. The van der Waals surface area contributed by atoms with Crippen molar-refractivity contribution in [2.45, 2.75) is 70.6 Å². The molecule has 2 aromatic rings. The van der Waals surface area contributed by atoms with Gasteiger partial charge in [-0.15, -0.1) is 0 Å². The van der Waals surface area contributed by atoms with Gasteiger partial charge < -0.3 is 0 Å². The predicted molar refractivity (Wildman–Crippen MR) is 130 cm³/mol. The molecule has 0 spiro atoms. The van der Waals surface area contributed by atoms with Crippen LogP contribution in [0.3, 0.4) is 0 Å². The Labute approximate surface area is 192 Å². The van der Waals surface area contributed by atoms with Crippen LogP contribution >= 0.6 is 31.0 Å². The van der Waals surface area contributed by atoms with Crippen molar-refractivity contribution < 1.29 is 9.36 Å². The largest absolute Gasteiger partial charge is 0.420 e. The lowest BCUT2D eigenvalue weighted by atomic mass is 10.0. The van der Waals surface area contributed by atoms with E-state index in [4.69, 9.17) is 23.2 Å². The summed E-state index contributed by atoms with van der Waals surface area (Å²) in [5.41, 5.74) is 1.22. The van der Waals surface area contributed by atoms with Crippen LogP contribution in [0.4, 0.5) is 0 Å². The Bertz CT molecular complexity index is 773. The molecule has 5 heteroatoms. The Balaban J connectivity index is 1.44. The molecule has 2 rings (SSSR count). The Morgan fingerprint density at radius 1 is 0.667 bits per heavy atom. The highest BCUT2D eigenvalue weighted by molar-refractivity contribution is 7.64. The first kappa shape index (κ1) is 25.1. The Hall–Kier alpha value is -1.21. The van der Waals surface area contributed by atoms with E-state index in [1.54, 1.807) is 18.2 Å². The van der Waals surface area contributed by atoms with Gasteiger partial charge in [-0.1, -0.05) is 109 Å². The molecule has 0 aliphatic rings. The fourth-order valence-corrected chi connectivity index (χ4v) is 5.48. The number of unbranched alkanes of at least 4 members (excludes halogenated alkanes) is 9. The fourth-order valence-electron chi connectivity index (χ4n) is 3.57. The van der Waals surface area contributed by atoms with Crippen molar-refractivity contribution in [3.8, 4) is 0 Å². The molecule has 0 aliphatic heterocycles. The minimum Gasteiger partial charge on any atom is -0.234 e. The van der Waals surface area contributed by atoms with Crippen LogP contribution in [-0.2, 0) is 11.0 Å². The van der Waals surface area contributed by atoms with Gasteiger partial charge >= 0.3 is 13.3 Å². The minimum atomic E-state index is -1.96. The SMILES string of the molecule is O=C(c1c(Cl)cccc1Cl)[P+](=O)CCCCCCCCCCCCc1ccccc1. The summed E-state index contributed by atoms with van der Waals surface area (Å²) >= 11 is 12.1. The maximum absolute atomic E-state index is 12.3. The Morgan fingerprint density at radius 2 is 1.17 bits per heavy atom. The first-order valence-electron chi connectivity index (χ1n) is 11.1. The zero-order valence-electron chi connectivity index (χ0n) is 17.6. The Morgan fingerprint density at radius 3 is 1.73 bits per heavy atom. The van der Waals surface area contributed by atoms with Gasteiger partial charge in [0.1, 0.15) is 5.56 Å². The van der Waals surface area contributed by atoms with Gasteiger partial charge in [-0.2, -0.15) is 0 Å². The molecule has 0 aromatic heterocycles. The molecule has 0 heterocycles. The van der Waals surface area contributed by atoms with E-state index >= 15 is 0 Å². The summed E-state index contributed by atoms with van der Waals surface area (Å²) in [7, 11) is -1.96. The van der Waals surface area contributed by atoms with E-state index in [1.807, 2.05) is 0 Å². The highest BCUT2D eigenvalue weighted by Gasteiger charge is 2.32. The summed E-state index contributed by atoms with van der Waals surface area (Å²) < 4.78 is 12.3. The fraction of sp³-hybridized carbons (Fsp3) is 0.480. The van der Waals surface area contributed by atoms with E-state index in [2.05, 4.69) is 30.3 Å². The van der Waals surface area contributed by atoms with Crippen molar-refractivity contribution in [1.82, 2.24) is 0 Å². The van der Waals surface area contributed by atoms with Crippen molar-refractivity contribution in [1.29, 1.82) is 0 Å². The van der Waals surface area contributed by atoms with Crippen LogP contribution in [0.25, 0.3) is 0 Å². The molecule has 0 fully saturated rings. The van der Waals surface area contributed by atoms with Crippen LogP contribution in [0, 0.1) is 0 Å². The monoisotopic (exact) mass is 465 g/mol. The number of benzene rings is 2. The van der Waals surface area contributed by atoms with Gasteiger partial charge in [0.15, 0.2) is 6.16 Å². The number of aryl methyl sites for hydroxylation is 1. The number of carbonyl (C=O) groups is 1. The molecule has 0 N–H and O–H groups in total. The van der Waals surface area contributed by atoms with Gasteiger partial charge in [0.2, 0.25) is 0 Å². The number of rotatable bonds is 15. The third-order valence-electron chi connectivity index (χ3n) is 5.32. The molecule has 2 aromatic carbocycles. The van der Waals surface area contributed by atoms with Crippen LogP contribution < -0.4 is 0 Å². The van der Waals surface area contributed by atoms with Gasteiger partial charge in [0.25, 0.3) is 0 Å². The number of halogens is 2. The molecule has 0 bridgehead atoms. The van der Waals surface area contributed by atoms with Crippen LogP contribution in [0.2, 0.25) is 10.0 Å². The molecule has 0 saturated carbocycles.